The normalized spacial score (nSPS) is 17.7. The first-order valence-corrected chi connectivity index (χ1v) is 11.4. The van der Waals surface area contributed by atoms with E-state index >= 15 is 0 Å². The van der Waals surface area contributed by atoms with Gasteiger partial charge in [0.25, 0.3) is 11.7 Å². The first-order chi connectivity index (χ1) is 15.9. The molecule has 1 amide bonds. The van der Waals surface area contributed by atoms with Gasteiger partial charge in [0.1, 0.15) is 17.3 Å². The Morgan fingerprint density at radius 1 is 1.06 bits per heavy atom. The molecule has 7 heteroatoms. The SMILES string of the molecule is CCCOc1ccc(/C(O)=C2/C(=O)C(=O)N(CCN(CC)CC)C2c2ccccc2F)cc1. The number of aliphatic hydroxyl groups is 1. The van der Waals surface area contributed by atoms with Gasteiger partial charge in [0.15, 0.2) is 0 Å². The highest BCUT2D eigenvalue weighted by molar-refractivity contribution is 6.46. The lowest BCUT2D eigenvalue weighted by Crippen LogP contribution is -2.38. The van der Waals surface area contributed by atoms with Gasteiger partial charge in [-0.25, -0.2) is 4.39 Å². The van der Waals surface area contributed by atoms with Crippen molar-refractivity contribution in [2.45, 2.75) is 33.2 Å². The monoisotopic (exact) mass is 454 g/mol. The number of carbonyl (C=O) groups excluding carboxylic acids is 2. The highest BCUT2D eigenvalue weighted by Gasteiger charge is 2.46. The molecule has 6 nitrogen and oxygen atoms in total. The van der Waals surface area contributed by atoms with Crippen LogP contribution in [0.15, 0.2) is 54.1 Å². The lowest BCUT2D eigenvalue weighted by molar-refractivity contribution is -0.140. The van der Waals surface area contributed by atoms with E-state index in [-0.39, 0.29) is 23.4 Å². The Morgan fingerprint density at radius 3 is 2.33 bits per heavy atom. The summed E-state index contributed by atoms with van der Waals surface area (Å²) in [5.74, 6) is -1.77. The lowest BCUT2D eigenvalue weighted by atomic mass is 9.95. The predicted molar refractivity (Wildman–Crippen MR) is 125 cm³/mol. The van der Waals surface area contributed by atoms with E-state index in [1.54, 1.807) is 42.5 Å². The number of likely N-dealkylation sites (tertiary alicyclic amines) is 1. The van der Waals surface area contributed by atoms with Crippen LogP contribution in [0.3, 0.4) is 0 Å². The minimum Gasteiger partial charge on any atom is -0.507 e. The Balaban J connectivity index is 2.04. The Bertz CT molecular complexity index is 1020. The van der Waals surface area contributed by atoms with Gasteiger partial charge in [0.05, 0.1) is 18.2 Å². The molecule has 2 aromatic rings. The second kappa shape index (κ2) is 11.1. The third-order valence-electron chi connectivity index (χ3n) is 5.89. The largest absolute Gasteiger partial charge is 0.507 e. The maximum Gasteiger partial charge on any atom is 0.295 e. The van der Waals surface area contributed by atoms with E-state index in [4.69, 9.17) is 4.74 Å². The molecule has 1 saturated heterocycles. The van der Waals surface area contributed by atoms with Gasteiger partial charge in [-0.3, -0.25) is 9.59 Å². The average molecular weight is 455 g/mol. The fraction of sp³-hybridized carbons (Fsp3) is 0.385. The van der Waals surface area contributed by atoms with E-state index in [0.717, 1.165) is 19.5 Å². The minimum atomic E-state index is -1.00. The number of rotatable bonds is 10. The van der Waals surface area contributed by atoms with E-state index in [0.29, 0.717) is 24.5 Å². The Kier molecular flexibility index (Phi) is 8.22. The average Bonchev–Trinajstić information content (AvgIpc) is 3.08. The summed E-state index contributed by atoms with van der Waals surface area (Å²) in [5.41, 5.74) is 0.439. The zero-order chi connectivity index (χ0) is 24.0. The molecule has 1 aliphatic heterocycles. The summed E-state index contributed by atoms with van der Waals surface area (Å²) < 4.78 is 20.4. The molecule has 0 aromatic heterocycles. The summed E-state index contributed by atoms with van der Waals surface area (Å²) in [5, 5.41) is 11.1. The molecule has 0 aliphatic carbocycles. The van der Waals surface area contributed by atoms with E-state index in [1.807, 2.05) is 20.8 Å². The highest BCUT2D eigenvalue weighted by atomic mass is 19.1. The first kappa shape index (κ1) is 24.5. The molecule has 1 unspecified atom stereocenters. The number of amides is 1. The van der Waals surface area contributed by atoms with Crippen molar-refractivity contribution in [1.82, 2.24) is 9.80 Å². The van der Waals surface area contributed by atoms with Gasteiger partial charge in [-0.1, -0.05) is 39.0 Å². The number of benzene rings is 2. The van der Waals surface area contributed by atoms with Crippen molar-refractivity contribution in [2.24, 2.45) is 0 Å². The molecule has 1 atom stereocenters. The standard InChI is InChI=1S/C26H31FN2O4/c1-4-17-33-19-13-11-18(12-14-19)24(30)22-23(20-9-7-8-10-21(20)27)29(26(32)25(22)31)16-15-28(5-2)6-3/h7-14,23,30H,4-6,15-17H2,1-3H3/b24-22-. The predicted octanol–water partition coefficient (Wildman–Crippen LogP) is 4.38. The van der Waals surface area contributed by atoms with Gasteiger partial charge < -0.3 is 19.6 Å². The van der Waals surface area contributed by atoms with E-state index in [9.17, 15) is 19.1 Å². The molecule has 3 rings (SSSR count). The number of Topliss-reactive ketones (excluding diaryl/α,β-unsaturated/α-hetero) is 1. The van der Waals surface area contributed by atoms with Crippen molar-refractivity contribution in [3.63, 3.8) is 0 Å². The Hall–Kier alpha value is -3.19. The third-order valence-corrected chi connectivity index (χ3v) is 5.89. The van der Waals surface area contributed by atoms with Gasteiger partial charge in [-0.15, -0.1) is 0 Å². The summed E-state index contributed by atoms with van der Waals surface area (Å²) in [6, 6.07) is 11.7. The van der Waals surface area contributed by atoms with Crippen LogP contribution in [0.25, 0.3) is 5.76 Å². The lowest BCUT2D eigenvalue weighted by Gasteiger charge is -2.28. The van der Waals surface area contributed by atoms with Crippen molar-refractivity contribution in [2.75, 3.05) is 32.8 Å². The summed E-state index contributed by atoms with van der Waals surface area (Å²) in [6.45, 7) is 8.95. The number of aliphatic hydroxyl groups excluding tert-OH is 1. The number of likely N-dealkylation sites (N-methyl/N-ethyl adjacent to an activating group) is 1. The number of halogens is 1. The molecular weight excluding hydrogens is 423 g/mol. The van der Waals surface area contributed by atoms with Gasteiger partial charge in [0.2, 0.25) is 0 Å². The summed E-state index contributed by atoms with van der Waals surface area (Å²) in [7, 11) is 0. The highest BCUT2D eigenvalue weighted by Crippen LogP contribution is 2.40. The first-order valence-electron chi connectivity index (χ1n) is 11.4. The summed E-state index contributed by atoms with van der Waals surface area (Å²) >= 11 is 0. The summed E-state index contributed by atoms with van der Waals surface area (Å²) in [6.07, 6.45) is 0.862. The smallest absolute Gasteiger partial charge is 0.295 e. The molecule has 2 aromatic carbocycles. The van der Waals surface area contributed by atoms with Crippen molar-refractivity contribution in [3.8, 4) is 5.75 Å². The van der Waals surface area contributed by atoms with Crippen LogP contribution in [0.2, 0.25) is 0 Å². The number of ketones is 1. The van der Waals surface area contributed by atoms with Gasteiger partial charge in [0, 0.05) is 24.2 Å². The van der Waals surface area contributed by atoms with Crippen LogP contribution in [0.1, 0.15) is 44.4 Å². The molecule has 1 N–H and O–H groups in total. The molecule has 33 heavy (non-hydrogen) atoms. The number of ether oxygens (including phenoxy) is 1. The van der Waals surface area contributed by atoms with Gasteiger partial charge in [-0.05, 0) is 49.8 Å². The Morgan fingerprint density at radius 2 is 1.73 bits per heavy atom. The molecule has 1 fully saturated rings. The van der Waals surface area contributed by atoms with Gasteiger partial charge >= 0.3 is 0 Å². The molecule has 1 aliphatic rings. The maximum absolute atomic E-state index is 14.8. The molecule has 0 spiro atoms. The van der Waals surface area contributed by atoms with Crippen molar-refractivity contribution >= 4 is 17.4 Å². The number of nitrogens with zero attached hydrogens (tertiary/aromatic N) is 2. The second-order valence-electron chi connectivity index (χ2n) is 7.91. The molecule has 0 radical (unpaired) electrons. The zero-order valence-corrected chi connectivity index (χ0v) is 19.4. The molecular formula is C26H31FN2O4. The van der Waals surface area contributed by atoms with Crippen LogP contribution < -0.4 is 4.74 Å². The number of carbonyl (C=O) groups is 2. The fourth-order valence-corrected chi connectivity index (χ4v) is 4.00. The summed E-state index contributed by atoms with van der Waals surface area (Å²) in [4.78, 5) is 29.5. The van der Waals surface area contributed by atoms with Gasteiger partial charge in [-0.2, -0.15) is 0 Å². The van der Waals surface area contributed by atoms with Crippen LogP contribution in [0.4, 0.5) is 4.39 Å². The van der Waals surface area contributed by atoms with E-state index < -0.39 is 23.5 Å². The van der Waals surface area contributed by atoms with Crippen LogP contribution in [-0.4, -0.2) is 59.4 Å². The fourth-order valence-electron chi connectivity index (χ4n) is 4.00. The van der Waals surface area contributed by atoms with Crippen molar-refractivity contribution in [1.29, 1.82) is 0 Å². The zero-order valence-electron chi connectivity index (χ0n) is 19.4. The molecule has 0 saturated carbocycles. The van der Waals surface area contributed by atoms with Crippen LogP contribution >= 0.6 is 0 Å². The van der Waals surface area contributed by atoms with Crippen molar-refractivity contribution in [3.05, 3.63) is 71.0 Å². The third kappa shape index (κ3) is 5.25. The van der Waals surface area contributed by atoms with Crippen molar-refractivity contribution < 1.29 is 23.8 Å². The minimum absolute atomic E-state index is 0.105. The second-order valence-corrected chi connectivity index (χ2v) is 7.91. The van der Waals surface area contributed by atoms with E-state index in [2.05, 4.69) is 4.90 Å². The maximum atomic E-state index is 14.8. The molecule has 0 bridgehead atoms. The molecule has 1 heterocycles. The topological polar surface area (TPSA) is 70.1 Å². The number of hydrogen-bond donors (Lipinski definition) is 1. The molecule has 176 valence electrons. The Labute approximate surface area is 194 Å². The quantitative estimate of drug-likeness (QED) is 0.328. The number of hydrogen-bond acceptors (Lipinski definition) is 5. The van der Waals surface area contributed by atoms with Crippen LogP contribution in [0, 0.1) is 5.82 Å². The van der Waals surface area contributed by atoms with E-state index in [1.165, 1.54) is 11.0 Å². The van der Waals surface area contributed by atoms with Crippen LogP contribution in [0.5, 0.6) is 5.75 Å². The van der Waals surface area contributed by atoms with Crippen LogP contribution in [-0.2, 0) is 9.59 Å².